The van der Waals surface area contributed by atoms with Crippen LogP contribution in [0.2, 0.25) is 0 Å². The summed E-state index contributed by atoms with van der Waals surface area (Å²) in [4.78, 5) is 25.4. The first-order valence-electron chi connectivity index (χ1n) is 6.68. The molecule has 1 saturated heterocycles. The Bertz CT molecular complexity index is 485. The zero-order valence-electron chi connectivity index (χ0n) is 11.3. The standard InChI is InChI=1S/C15H20N2O2/c1-11-4-2-5-12(8-11)14(18)10-17-7-3-6-13(9-17)15(16)19/h2,4-5,8,13H,3,6-7,9-10H2,1H3,(H2,16,19). The number of hydrogen-bond acceptors (Lipinski definition) is 3. The van der Waals surface area contributed by atoms with E-state index in [4.69, 9.17) is 5.73 Å². The highest BCUT2D eigenvalue weighted by Crippen LogP contribution is 2.16. The van der Waals surface area contributed by atoms with Crippen LogP contribution in [0.25, 0.3) is 0 Å². The number of hydrogen-bond donors (Lipinski definition) is 1. The molecule has 0 saturated carbocycles. The molecule has 2 N–H and O–H groups in total. The molecule has 4 heteroatoms. The fourth-order valence-electron chi connectivity index (χ4n) is 2.54. The van der Waals surface area contributed by atoms with E-state index in [9.17, 15) is 9.59 Å². The fraction of sp³-hybridized carbons (Fsp3) is 0.467. The molecule has 1 heterocycles. The highest BCUT2D eigenvalue weighted by Gasteiger charge is 2.25. The van der Waals surface area contributed by atoms with E-state index in [0.717, 1.165) is 30.5 Å². The van der Waals surface area contributed by atoms with Crippen LogP contribution in [0, 0.1) is 12.8 Å². The number of rotatable bonds is 4. The van der Waals surface area contributed by atoms with E-state index in [1.54, 1.807) is 0 Å². The topological polar surface area (TPSA) is 63.4 Å². The van der Waals surface area contributed by atoms with Crippen molar-refractivity contribution in [3.63, 3.8) is 0 Å². The molecule has 0 radical (unpaired) electrons. The van der Waals surface area contributed by atoms with Crippen molar-refractivity contribution in [3.05, 3.63) is 35.4 Å². The number of primary amides is 1. The van der Waals surface area contributed by atoms with Gasteiger partial charge in [0.05, 0.1) is 12.5 Å². The molecule has 1 aromatic carbocycles. The Labute approximate surface area is 113 Å². The summed E-state index contributed by atoms with van der Waals surface area (Å²) in [5.41, 5.74) is 7.16. The van der Waals surface area contributed by atoms with Crippen molar-refractivity contribution in [2.45, 2.75) is 19.8 Å². The van der Waals surface area contributed by atoms with Gasteiger partial charge in [-0.15, -0.1) is 0 Å². The van der Waals surface area contributed by atoms with Gasteiger partial charge in [-0.25, -0.2) is 0 Å². The van der Waals surface area contributed by atoms with Gasteiger partial charge in [0.25, 0.3) is 0 Å². The maximum absolute atomic E-state index is 12.2. The number of carbonyl (C=O) groups excluding carboxylic acids is 2. The first kappa shape index (κ1) is 13.7. The number of nitrogens with zero attached hydrogens (tertiary/aromatic N) is 1. The Hall–Kier alpha value is -1.68. The van der Waals surface area contributed by atoms with Crippen LogP contribution in [0.1, 0.15) is 28.8 Å². The number of Topliss-reactive ketones (excluding diaryl/α,β-unsaturated/α-hetero) is 1. The third kappa shape index (κ3) is 3.64. The maximum atomic E-state index is 12.2. The number of nitrogens with two attached hydrogens (primary N) is 1. The Morgan fingerprint density at radius 2 is 2.21 bits per heavy atom. The SMILES string of the molecule is Cc1cccc(C(=O)CN2CCCC(C(N)=O)C2)c1. The van der Waals surface area contributed by atoms with Crippen LogP contribution >= 0.6 is 0 Å². The van der Waals surface area contributed by atoms with Gasteiger partial charge >= 0.3 is 0 Å². The van der Waals surface area contributed by atoms with E-state index in [2.05, 4.69) is 0 Å². The highest BCUT2D eigenvalue weighted by atomic mass is 16.1. The van der Waals surface area contributed by atoms with Crippen LogP contribution in [-0.4, -0.2) is 36.2 Å². The second kappa shape index (κ2) is 5.97. The summed E-state index contributed by atoms with van der Waals surface area (Å²) >= 11 is 0. The summed E-state index contributed by atoms with van der Waals surface area (Å²) in [5, 5.41) is 0. The maximum Gasteiger partial charge on any atom is 0.221 e. The van der Waals surface area contributed by atoms with Gasteiger partial charge in [-0.3, -0.25) is 14.5 Å². The van der Waals surface area contributed by atoms with Gasteiger partial charge < -0.3 is 5.73 Å². The number of carbonyl (C=O) groups is 2. The summed E-state index contributed by atoms with van der Waals surface area (Å²) in [6, 6.07) is 7.61. The second-order valence-electron chi connectivity index (χ2n) is 5.27. The minimum absolute atomic E-state index is 0.105. The van der Waals surface area contributed by atoms with E-state index >= 15 is 0 Å². The van der Waals surface area contributed by atoms with Gasteiger partial charge in [0.2, 0.25) is 5.91 Å². The van der Waals surface area contributed by atoms with Gasteiger partial charge in [0.1, 0.15) is 0 Å². The minimum Gasteiger partial charge on any atom is -0.369 e. The van der Waals surface area contributed by atoms with Crippen LogP contribution in [-0.2, 0) is 4.79 Å². The van der Waals surface area contributed by atoms with E-state index in [1.165, 1.54) is 0 Å². The molecular weight excluding hydrogens is 240 g/mol. The van der Waals surface area contributed by atoms with Crippen LogP contribution in [0.4, 0.5) is 0 Å². The number of likely N-dealkylation sites (tertiary alicyclic amines) is 1. The lowest BCUT2D eigenvalue weighted by atomic mass is 9.97. The van der Waals surface area contributed by atoms with Gasteiger partial charge in [-0.1, -0.05) is 23.8 Å². The summed E-state index contributed by atoms with van der Waals surface area (Å²) in [5.74, 6) is -0.263. The molecule has 1 aliphatic rings. The number of ketones is 1. The molecule has 2 rings (SSSR count). The first-order chi connectivity index (χ1) is 9.06. The molecule has 1 aromatic rings. The molecule has 4 nitrogen and oxygen atoms in total. The van der Waals surface area contributed by atoms with Crippen molar-refractivity contribution in [2.24, 2.45) is 11.7 Å². The molecule has 1 fully saturated rings. The molecule has 1 atom stereocenters. The highest BCUT2D eigenvalue weighted by molar-refractivity contribution is 5.97. The lowest BCUT2D eigenvalue weighted by Crippen LogP contribution is -2.43. The Kier molecular flexibility index (Phi) is 4.32. The van der Waals surface area contributed by atoms with Crippen molar-refractivity contribution in [2.75, 3.05) is 19.6 Å². The average Bonchev–Trinajstić information content (AvgIpc) is 2.39. The normalized spacial score (nSPS) is 20.2. The first-order valence-corrected chi connectivity index (χ1v) is 6.68. The van der Waals surface area contributed by atoms with Crippen LogP contribution in [0.5, 0.6) is 0 Å². The zero-order valence-corrected chi connectivity index (χ0v) is 11.3. The monoisotopic (exact) mass is 260 g/mol. The van der Waals surface area contributed by atoms with Crippen molar-refractivity contribution in [3.8, 4) is 0 Å². The molecule has 1 amide bonds. The van der Waals surface area contributed by atoms with Gasteiger partial charge in [0, 0.05) is 12.1 Å². The smallest absolute Gasteiger partial charge is 0.221 e. The second-order valence-corrected chi connectivity index (χ2v) is 5.27. The van der Waals surface area contributed by atoms with Gasteiger partial charge in [-0.2, -0.15) is 0 Å². The quantitative estimate of drug-likeness (QED) is 0.832. The minimum atomic E-state index is -0.257. The lowest BCUT2D eigenvalue weighted by molar-refractivity contribution is -0.123. The van der Waals surface area contributed by atoms with E-state index in [0.29, 0.717) is 13.1 Å². The number of benzene rings is 1. The molecule has 0 bridgehead atoms. The van der Waals surface area contributed by atoms with E-state index in [1.807, 2.05) is 36.1 Å². The summed E-state index contributed by atoms with van der Waals surface area (Å²) in [7, 11) is 0. The van der Waals surface area contributed by atoms with Crippen molar-refractivity contribution < 1.29 is 9.59 Å². The average molecular weight is 260 g/mol. The third-order valence-corrected chi connectivity index (χ3v) is 3.62. The molecule has 1 aliphatic heterocycles. The van der Waals surface area contributed by atoms with Crippen molar-refractivity contribution in [1.29, 1.82) is 0 Å². The zero-order chi connectivity index (χ0) is 13.8. The lowest BCUT2D eigenvalue weighted by Gasteiger charge is -2.30. The predicted octanol–water partition coefficient (Wildman–Crippen LogP) is 1.38. The van der Waals surface area contributed by atoms with Crippen LogP contribution in [0.3, 0.4) is 0 Å². The Morgan fingerprint density at radius 1 is 1.42 bits per heavy atom. The number of amides is 1. The molecule has 0 aliphatic carbocycles. The van der Waals surface area contributed by atoms with Crippen LogP contribution < -0.4 is 5.73 Å². The summed E-state index contributed by atoms with van der Waals surface area (Å²) in [6.07, 6.45) is 1.76. The van der Waals surface area contributed by atoms with Gasteiger partial charge in [-0.05, 0) is 32.4 Å². The summed E-state index contributed by atoms with van der Waals surface area (Å²) < 4.78 is 0. The van der Waals surface area contributed by atoms with E-state index < -0.39 is 0 Å². The molecule has 19 heavy (non-hydrogen) atoms. The largest absolute Gasteiger partial charge is 0.369 e. The van der Waals surface area contributed by atoms with Crippen molar-refractivity contribution in [1.82, 2.24) is 4.90 Å². The molecular formula is C15H20N2O2. The van der Waals surface area contributed by atoms with Crippen molar-refractivity contribution >= 4 is 11.7 Å². The molecule has 0 spiro atoms. The molecule has 0 aromatic heterocycles. The van der Waals surface area contributed by atoms with E-state index in [-0.39, 0.29) is 17.6 Å². The van der Waals surface area contributed by atoms with Crippen LogP contribution in [0.15, 0.2) is 24.3 Å². The summed E-state index contributed by atoms with van der Waals surface area (Å²) in [6.45, 7) is 3.81. The fourth-order valence-corrected chi connectivity index (χ4v) is 2.54. The Morgan fingerprint density at radius 3 is 2.89 bits per heavy atom. The number of aryl methyl sites for hydroxylation is 1. The Balaban J connectivity index is 1.97. The molecule has 102 valence electrons. The molecule has 1 unspecified atom stereocenters. The third-order valence-electron chi connectivity index (χ3n) is 3.62. The van der Waals surface area contributed by atoms with Gasteiger partial charge in [0.15, 0.2) is 5.78 Å². The predicted molar refractivity (Wildman–Crippen MR) is 73.9 cm³/mol. The number of piperidine rings is 1.